The number of halogens is 1. The summed E-state index contributed by atoms with van der Waals surface area (Å²) in [6.45, 7) is 2.85. The van der Waals surface area contributed by atoms with E-state index in [9.17, 15) is 0 Å². The van der Waals surface area contributed by atoms with Crippen LogP contribution in [-0.4, -0.2) is 14.8 Å². The van der Waals surface area contributed by atoms with Gasteiger partial charge in [-0.2, -0.15) is 5.10 Å². The number of aryl methyl sites for hydroxylation is 1. The molecule has 0 saturated heterocycles. The third kappa shape index (κ3) is 1.94. The lowest BCUT2D eigenvalue weighted by Gasteiger charge is -2.01. The van der Waals surface area contributed by atoms with E-state index in [0.29, 0.717) is 10.8 Å². The first kappa shape index (κ1) is 9.98. The Hall–Kier alpha value is -1.55. The van der Waals surface area contributed by atoms with Crippen molar-refractivity contribution < 1.29 is 0 Å². The summed E-state index contributed by atoms with van der Waals surface area (Å²) in [5.74, 6) is 0.468. The monoisotopic (exact) mass is 222 g/mol. The van der Waals surface area contributed by atoms with Gasteiger partial charge in [-0.15, -0.1) is 0 Å². The normalized spacial score (nSPS) is 10.5. The van der Waals surface area contributed by atoms with Gasteiger partial charge in [0.15, 0.2) is 0 Å². The van der Waals surface area contributed by atoms with Gasteiger partial charge in [-0.05, 0) is 13.0 Å². The molecule has 0 fully saturated rings. The summed E-state index contributed by atoms with van der Waals surface area (Å²) in [6, 6.07) is 1.79. The zero-order chi connectivity index (χ0) is 10.8. The van der Waals surface area contributed by atoms with Crippen molar-refractivity contribution in [3.05, 3.63) is 29.7 Å². The molecule has 2 N–H and O–H groups in total. The van der Waals surface area contributed by atoms with Crippen LogP contribution in [0.1, 0.15) is 6.92 Å². The molecule has 0 bridgehead atoms. The minimum absolute atomic E-state index is 0.468. The van der Waals surface area contributed by atoms with E-state index in [1.807, 2.05) is 17.8 Å². The van der Waals surface area contributed by atoms with Crippen molar-refractivity contribution in [3.63, 3.8) is 0 Å². The number of hydrogen-bond acceptors (Lipinski definition) is 3. The lowest BCUT2D eigenvalue weighted by atomic mass is 10.1. The van der Waals surface area contributed by atoms with E-state index in [4.69, 9.17) is 17.3 Å². The maximum Gasteiger partial charge on any atom is 0.131 e. The third-order valence-electron chi connectivity index (χ3n) is 2.15. The van der Waals surface area contributed by atoms with Crippen LogP contribution in [-0.2, 0) is 6.54 Å². The van der Waals surface area contributed by atoms with Crippen LogP contribution in [0, 0.1) is 0 Å². The van der Waals surface area contributed by atoms with Crippen molar-refractivity contribution in [1.29, 1.82) is 0 Å². The Labute approximate surface area is 92.7 Å². The highest BCUT2D eigenvalue weighted by Crippen LogP contribution is 2.26. The quantitative estimate of drug-likeness (QED) is 0.848. The van der Waals surface area contributed by atoms with Crippen LogP contribution < -0.4 is 5.73 Å². The van der Waals surface area contributed by atoms with Crippen LogP contribution in [0.3, 0.4) is 0 Å². The molecule has 2 rings (SSSR count). The fourth-order valence-corrected chi connectivity index (χ4v) is 1.51. The van der Waals surface area contributed by atoms with Crippen molar-refractivity contribution >= 4 is 17.4 Å². The van der Waals surface area contributed by atoms with Gasteiger partial charge < -0.3 is 5.73 Å². The van der Waals surface area contributed by atoms with E-state index in [1.54, 1.807) is 12.3 Å². The molecule has 0 aliphatic carbocycles. The average molecular weight is 223 g/mol. The lowest BCUT2D eigenvalue weighted by molar-refractivity contribution is 0.660. The maximum atomic E-state index is 5.86. The van der Waals surface area contributed by atoms with Crippen molar-refractivity contribution in [2.24, 2.45) is 0 Å². The first-order valence-corrected chi connectivity index (χ1v) is 5.02. The SMILES string of the molecule is CCn1cc(-c2cc(Cl)cnc2N)cn1. The van der Waals surface area contributed by atoms with E-state index in [-0.39, 0.29) is 0 Å². The van der Waals surface area contributed by atoms with Crippen LogP contribution in [0.25, 0.3) is 11.1 Å². The Bertz CT molecular complexity index is 478. The van der Waals surface area contributed by atoms with E-state index < -0.39 is 0 Å². The van der Waals surface area contributed by atoms with Crippen molar-refractivity contribution in [2.45, 2.75) is 13.5 Å². The summed E-state index contributed by atoms with van der Waals surface area (Å²) in [5, 5.41) is 4.74. The molecule has 0 atom stereocenters. The fraction of sp³-hybridized carbons (Fsp3) is 0.200. The predicted molar refractivity (Wildman–Crippen MR) is 60.6 cm³/mol. The number of nitrogen functional groups attached to an aromatic ring is 1. The van der Waals surface area contributed by atoms with Crippen molar-refractivity contribution in [1.82, 2.24) is 14.8 Å². The zero-order valence-corrected chi connectivity index (χ0v) is 9.07. The van der Waals surface area contributed by atoms with E-state index in [2.05, 4.69) is 10.1 Å². The molecule has 0 aliphatic heterocycles. The molecule has 0 spiro atoms. The average Bonchev–Trinajstić information content (AvgIpc) is 2.70. The predicted octanol–water partition coefficient (Wildman–Crippen LogP) is 2.20. The molecule has 0 aliphatic rings. The topological polar surface area (TPSA) is 56.7 Å². The lowest BCUT2D eigenvalue weighted by Crippen LogP contribution is -1.94. The summed E-state index contributed by atoms with van der Waals surface area (Å²) >= 11 is 5.86. The second-order valence-corrected chi connectivity index (χ2v) is 3.61. The summed E-state index contributed by atoms with van der Waals surface area (Å²) in [7, 11) is 0. The molecule has 4 nitrogen and oxygen atoms in total. The third-order valence-corrected chi connectivity index (χ3v) is 2.36. The van der Waals surface area contributed by atoms with Gasteiger partial charge in [-0.3, -0.25) is 4.68 Å². The minimum Gasteiger partial charge on any atom is -0.383 e. The van der Waals surface area contributed by atoms with E-state index in [1.165, 1.54) is 6.20 Å². The molecule has 0 radical (unpaired) electrons. The van der Waals surface area contributed by atoms with Crippen LogP contribution in [0.2, 0.25) is 5.02 Å². The molecule has 2 heterocycles. The Morgan fingerprint density at radius 3 is 2.93 bits per heavy atom. The second kappa shape index (κ2) is 3.90. The molecule has 15 heavy (non-hydrogen) atoms. The summed E-state index contributed by atoms with van der Waals surface area (Å²) in [4.78, 5) is 4.00. The van der Waals surface area contributed by atoms with Crippen LogP contribution in [0.5, 0.6) is 0 Å². The highest BCUT2D eigenvalue weighted by atomic mass is 35.5. The van der Waals surface area contributed by atoms with Crippen LogP contribution in [0.4, 0.5) is 5.82 Å². The van der Waals surface area contributed by atoms with Gasteiger partial charge in [-0.1, -0.05) is 11.6 Å². The molecule has 0 amide bonds. The molecular weight excluding hydrogens is 212 g/mol. The van der Waals surface area contributed by atoms with Gasteiger partial charge in [0, 0.05) is 30.1 Å². The molecule has 0 unspecified atom stereocenters. The van der Waals surface area contributed by atoms with Gasteiger partial charge >= 0.3 is 0 Å². The number of nitrogens with zero attached hydrogens (tertiary/aromatic N) is 3. The summed E-state index contributed by atoms with van der Waals surface area (Å²) in [5.41, 5.74) is 7.52. The molecule has 0 saturated carbocycles. The molecular formula is C10H11ClN4. The Morgan fingerprint density at radius 1 is 1.47 bits per heavy atom. The molecule has 0 aromatic carbocycles. The van der Waals surface area contributed by atoms with Gasteiger partial charge in [0.25, 0.3) is 0 Å². The van der Waals surface area contributed by atoms with E-state index in [0.717, 1.165) is 17.7 Å². The first-order valence-electron chi connectivity index (χ1n) is 4.64. The number of anilines is 1. The highest BCUT2D eigenvalue weighted by molar-refractivity contribution is 6.30. The van der Waals surface area contributed by atoms with E-state index >= 15 is 0 Å². The molecule has 2 aromatic heterocycles. The maximum absolute atomic E-state index is 5.86. The highest BCUT2D eigenvalue weighted by Gasteiger charge is 2.06. The van der Waals surface area contributed by atoms with Crippen molar-refractivity contribution in [3.8, 4) is 11.1 Å². The van der Waals surface area contributed by atoms with Gasteiger partial charge in [0.2, 0.25) is 0 Å². The smallest absolute Gasteiger partial charge is 0.131 e. The number of rotatable bonds is 2. The van der Waals surface area contributed by atoms with Gasteiger partial charge in [0.1, 0.15) is 5.82 Å². The van der Waals surface area contributed by atoms with Crippen LogP contribution >= 0.6 is 11.6 Å². The zero-order valence-electron chi connectivity index (χ0n) is 8.31. The van der Waals surface area contributed by atoms with Crippen LogP contribution in [0.15, 0.2) is 24.7 Å². The molecule has 5 heteroatoms. The minimum atomic E-state index is 0.468. The summed E-state index contributed by atoms with van der Waals surface area (Å²) in [6.07, 6.45) is 5.21. The fourth-order valence-electron chi connectivity index (χ4n) is 1.36. The number of aromatic nitrogens is 3. The molecule has 2 aromatic rings. The Balaban J connectivity index is 2.48. The standard InChI is InChI=1S/C10H11ClN4/c1-2-15-6-7(4-14-15)9-3-8(11)5-13-10(9)12/h3-6H,2H2,1H3,(H2,12,13). The molecule has 78 valence electrons. The number of hydrogen-bond donors (Lipinski definition) is 1. The van der Waals surface area contributed by atoms with Crippen molar-refractivity contribution in [2.75, 3.05) is 5.73 Å². The number of pyridine rings is 1. The van der Waals surface area contributed by atoms with Gasteiger partial charge in [-0.25, -0.2) is 4.98 Å². The summed E-state index contributed by atoms with van der Waals surface area (Å²) < 4.78 is 1.83. The second-order valence-electron chi connectivity index (χ2n) is 3.17. The number of nitrogens with two attached hydrogens (primary N) is 1. The first-order chi connectivity index (χ1) is 7.20. The largest absolute Gasteiger partial charge is 0.383 e. The Kier molecular flexibility index (Phi) is 2.60. The van der Waals surface area contributed by atoms with Gasteiger partial charge in [0.05, 0.1) is 11.2 Å². The Morgan fingerprint density at radius 2 is 2.27 bits per heavy atom.